The van der Waals surface area contributed by atoms with Crippen molar-refractivity contribution in [3.63, 3.8) is 0 Å². The van der Waals surface area contributed by atoms with Crippen molar-refractivity contribution in [1.29, 1.82) is 0 Å². The highest BCUT2D eigenvalue weighted by molar-refractivity contribution is 5.80. The van der Waals surface area contributed by atoms with Crippen molar-refractivity contribution in [1.82, 2.24) is 4.90 Å². The predicted molar refractivity (Wildman–Crippen MR) is 74.5 cm³/mol. The van der Waals surface area contributed by atoms with Gasteiger partial charge >= 0.3 is 0 Å². The van der Waals surface area contributed by atoms with Gasteiger partial charge in [-0.2, -0.15) is 0 Å². The standard InChI is InChI=1S/C15H18N2O/c1-17(2)15(18)10-8-14(9-11-15)16-12-13-6-4-3-5-7-13/h3-10,12,18H,11H2,1-2H3. The Labute approximate surface area is 108 Å². The maximum atomic E-state index is 10.2. The molecule has 0 saturated heterocycles. The predicted octanol–water partition coefficient (Wildman–Crippen LogP) is 2.20. The van der Waals surface area contributed by atoms with Crippen molar-refractivity contribution in [2.75, 3.05) is 14.1 Å². The lowest BCUT2D eigenvalue weighted by Gasteiger charge is -2.32. The number of aliphatic hydroxyl groups is 1. The minimum absolute atomic E-state index is 0.554. The van der Waals surface area contributed by atoms with Gasteiger partial charge in [0.1, 0.15) is 5.72 Å². The van der Waals surface area contributed by atoms with E-state index in [4.69, 9.17) is 0 Å². The lowest BCUT2D eigenvalue weighted by molar-refractivity contribution is -0.0360. The number of aliphatic imine (C=N–C) groups is 1. The largest absolute Gasteiger partial charge is 0.372 e. The molecule has 0 radical (unpaired) electrons. The van der Waals surface area contributed by atoms with E-state index >= 15 is 0 Å². The average Bonchev–Trinajstić information content (AvgIpc) is 2.39. The third-order valence-electron chi connectivity index (χ3n) is 3.07. The minimum Gasteiger partial charge on any atom is -0.372 e. The first kappa shape index (κ1) is 12.7. The molecule has 3 nitrogen and oxygen atoms in total. The van der Waals surface area contributed by atoms with Gasteiger partial charge in [0.25, 0.3) is 0 Å². The molecule has 0 amide bonds. The lowest BCUT2D eigenvalue weighted by Crippen LogP contribution is -2.42. The molecule has 2 rings (SSSR count). The van der Waals surface area contributed by atoms with Crippen molar-refractivity contribution in [3.8, 4) is 0 Å². The SMILES string of the molecule is CN(C)C1(O)C=CC(N=Cc2ccccc2)=CC1. The van der Waals surface area contributed by atoms with Gasteiger partial charge in [0, 0.05) is 12.6 Å². The Hall–Kier alpha value is -1.71. The summed E-state index contributed by atoms with van der Waals surface area (Å²) >= 11 is 0. The van der Waals surface area contributed by atoms with Crippen molar-refractivity contribution in [2.24, 2.45) is 4.99 Å². The summed E-state index contributed by atoms with van der Waals surface area (Å²) in [5, 5.41) is 10.2. The summed E-state index contributed by atoms with van der Waals surface area (Å²) in [4.78, 5) is 6.19. The van der Waals surface area contributed by atoms with E-state index in [1.807, 2.05) is 62.8 Å². The first-order chi connectivity index (χ1) is 8.60. The maximum Gasteiger partial charge on any atom is 0.141 e. The molecule has 1 atom stereocenters. The Morgan fingerprint density at radius 2 is 2.00 bits per heavy atom. The van der Waals surface area contributed by atoms with Crippen molar-refractivity contribution in [2.45, 2.75) is 12.1 Å². The van der Waals surface area contributed by atoms with Gasteiger partial charge in [-0.05, 0) is 31.8 Å². The van der Waals surface area contributed by atoms with Crippen molar-refractivity contribution < 1.29 is 5.11 Å². The molecule has 18 heavy (non-hydrogen) atoms. The fourth-order valence-corrected chi connectivity index (χ4v) is 1.73. The van der Waals surface area contributed by atoms with Gasteiger partial charge < -0.3 is 5.11 Å². The van der Waals surface area contributed by atoms with E-state index in [0.29, 0.717) is 6.42 Å². The molecule has 1 aliphatic carbocycles. The third kappa shape index (κ3) is 2.94. The van der Waals surface area contributed by atoms with Crippen molar-refractivity contribution >= 4 is 6.21 Å². The summed E-state index contributed by atoms with van der Waals surface area (Å²) in [6.45, 7) is 0. The van der Waals surface area contributed by atoms with Gasteiger partial charge in [-0.3, -0.25) is 9.89 Å². The topological polar surface area (TPSA) is 35.8 Å². The van der Waals surface area contributed by atoms with Crippen LogP contribution in [0.2, 0.25) is 0 Å². The quantitative estimate of drug-likeness (QED) is 0.651. The number of rotatable bonds is 3. The molecule has 0 spiro atoms. The smallest absolute Gasteiger partial charge is 0.141 e. The number of nitrogens with zero attached hydrogens (tertiary/aromatic N) is 2. The number of benzene rings is 1. The average molecular weight is 242 g/mol. The van der Waals surface area contributed by atoms with E-state index in [-0.39, 0.29) is 0 Å². The molecule has 0 fully saturated rings. The highest BCUT2D eigenvalue weighted by atomic mass is 16.3. The molecular weight excluding hydrogens is 224 g/mol. The molecule has 1 aromatic rings. The second kappa shape index (κ2) is 5.29. The maximum absolute atomic E-state index is 10.2. The summed E-state index contributed by atoms with van der Waals surface area (Å²) in [7, 11) is 3.72. The monoisotopic (exact) mass is 242 g/mol. The first-order valence-electron chi connectivity index (χ1n) is 5.98. The molecule has 0 aliphatic heterocycles. The molecule has 0 bridgehead atoms. The fourth-order valence-electron chi connectivity index (χ4n) is 1.73. The Morgan fingerprint density at radius 1 is 1.28 bits per heavy atom. The van der Waals surface area contributed by atoms with Crippen LogP contribution in [0.4, 0.5) is 0 Å². The van der Waals surface area contributed by atoms with Crippen LogP contribution in [0.15, 0.2) is 59.2 Å². The second-order valence-electron chi connectivity index (χ2n) is 4.61. The summed E-state index contributed by atoms with van der Waals surface area (Å²) in [5.41, 5.74) is 1.07. The Balaban J connectivity index is 2.04. The van der Waals surface area contributed by atoms with Gasteiger partial charge in [0.15, 0.2) is 0 Å². The number of allylic oxidation sites excluding steroid dienone is 1. The van der Waals surface area contributed by atoms with E-state index in [9.17, 15) is 5.11 Å². The molecule has 1 aliphatic rings. The van der Waals surface area contributed by atoms with E-state index in [1.165, 1.54) is 0 Å². The summed E-state index contributed by atoms with van der Waals surface area (Å²) in [6.07, 6.45) is 7.96. The zero-order valence-corrected chi connectivity index (χ0v) is 10.7. The zero-order chi connectivity index (χ0) is 13.0. The molecule has 3 heteroatoms. The molecule has 1 unspecified atom stereocenters. The van der Waals surface area contributed by atoms with Crippen LogP contribution in [-0.2, 0) is 0 Å². The van der Waals surface area contributed by atoms with Crippen LogP contribution in [0.1, 0.15) is 12.0 Å². The molecule has 0 heterocycles. The zero-order valence-electron chi connectivity index (χ0n) is 10.7. The van der Waals surface area contributed by atoms with E-state index in [0.717, 1.165) is 11.3 Å². The van der Waals surface area contributed by atoms with Crippen LogP contribution in [0, 0.1) is 0 Å². The van der Waals surface area contributed by atoms with Gasteiger partial charge in [-0.25, -0.2) is 0 Å². The van der Waals surface area contributed by atoms with Crippen LogP contribution in [-0.4, -0.2) is 36.0 Å². The summed E-state index contributed by atoms with van der Waals surface area (Å²) < 4.78 is 0. The number of likely N-dealkylation sites (N-methyl/N-ethyl adjacent to an activating group) is 1. The van der Waals surface area contributed by atoms with Gasteiger partial charge in [-0.15, -0.1) is 0 Å². The van der Waals surface area contributed by atoms with E-state index in [1.54, 1.807) is 11.0 Å². The Kier molecular flexibility index (Phi) is 3.75. The molecule has 94 valence electrons. The summed E-state index contributed by atoms with van der Waals surface area (Å²) in [6, 6.07) is 9.96. The van der Waals surface area contributed by atoms with E-state index < -0.39 is 5.72 Å². The van der Waals surface area contributed by atoms with Crippen LogP contribution >= 0.6 is 0 Å². The highest BCUT2D eigenvalue weighted by Crippen LogP contribution is 2.23. The van der Waals surface area contributed by atoms with E-state index in [2.05, 4.69) is 4.99 Å². The van der Waals surface area contributed by atoms with Crippen LogP contribution in [0.3, 0.4) is 0 Å². The molecular formula is C15H18N2O. The first-order valence-corrected chi connectivity index (χ1v) is 5.98. The Morgan fingerprint density at radius 3 is 2.56 bits per heavy atom. The normalized spacial score (nSPS) is 23.7. The number of hydrogen-bond acceptors (Lipinski definition) is 3. The molecule has 1 N–H and O–H groups in total. The van der Waals surface area contributed by atoms with Crippen LogP contribution in [0.5, 0.6) is 0 Å². The van der Waals surface area contributed by atoms with Gasteiger partial charge in [0.2, 0.25) is 0 Å². The van der Waals surface area contributed by atoms with Gasteiger partial charge in [0.05, 0.1) is 5.70 Å². The fraction of sp³-hybridized carbons (Fsp3) is 0.267. The third-order valence-corrected chi connectivity index (χ3v) is 3.07. The minimum atomic E-state index is -0.883. The molecule has 1 aromatic carbocycles. The number of hydrogen-bond donors (Lipinski definition) is 1. The van der Waals surface area contributed by atoms with Crippen LogP contribution in [0.25, 0.3) is 0 Å². The van der Waals surface area contributed by atoms with Gasteiger partial charge in [-0.1, -0.05) is 36.4 Å². The highest BCUT2D eigenvalue weighted by Gasteiger charge is 2.26. The molecule has 0 saturated carbocycles. The Bertz CT molecular complexity index is 488. The second-order valence-corrected chi connectivity index (χ2v) is 4.61. The molecule has 0 aromatic heterocycles. The lowest BCUT2D eigenvalue weighted by atomic mass is 10.0. The van der Waals surface area contributed by atoms with Crippen molar-refractivity contribution in [3.05, 3.63) is 59.8 Å². The van der Waals surface area contributed by atoms with Crippen LogP contribution < -0.4 is 0 Å². The summed E-state index contributed by atoms with van der Waals surface area (Å²) in [5.74, 6) is 0.